The predicted octanol–water partition coefficient (Wildman–Crippen LogP) is 1.29. The Morgan fingerprint density at radius 2 is 1.89 bits per heavy atom. The molecule has 2 aromatic rings. The minimum absolute atomic E-state index is 0.218. The third kappa shape index (κ3) is 3.67. The number of benzene rings is 2. The molecule has 0 saturated heterocycles. The molecule has 0 bridgehead atoms. The van der Waals surface area contributed by atoms with Crippen molar-refractivity contribution in [2.75, 3.05) is 20.3 Å². The Morgan fingerprint density at radius 1 is 1.16 bits per heavy atom. The van der Waals surface area contributed by atoms with Crippen LogP contribution in [0.3, 0.4) is 0 Å². The Labute approximate surface area is 112 Å². The fraction of sp³-hybridized carbons (Fsp3) is 0.333. The highest BCUT2D eigenvalue weighted by Crippen LogP contribution is 2.21. The molecule has 0 spiro atoms. The molecule has 0 amide bonds. The zero-order valence-corrected chi connectivity index (χ0v) is 11.0. The summed E-state index contributed by atoms with van der Waals surface area (Å²) >= 11 is 0. The SMILES string of the molecule is COc1ccc2cc(CNCC(O)CO)ccc2c1. The number of hydrogen-bond donors (Lipinski definition) is 3. The quantitative estimate of drug-likeness (QED) is 0.733. The van der Waals surface area contributed by atoms with Crippen molar-refractivity contribution >= 4 is 10.8 Å². The average Bonchev–Trinajstić information content (AvgIpc) is 2.46. The predicted molar refractivity (Wildman–Crippen MR) is 75.3 cm³/mol. The summed E-state index contributed by atoms with van der Waals surface area (Å²) in [5, 5.41) is 23.4. The van der Waals surface area contributed by atoms with E-state index in [1.165, 1.54) is 0 Å². The number of methoxy groups -OCH3 is 1. The Bertz CT molecular complexity index is 542. The number of ether oxygens (including phenoxy) is 1. The molecule has 1 unspecified atom stereocenters. The van der Waals surface area contributed by atoms with Gasteiger partial charge >= 0.3 is 0 Å². The van der Waals surface area contributed by atoms with Crippen molar-refractivity contribution in [2.45, 2.75) is 12.6 Å². The van der Waals surface area contributed by atoms with Crippen molar-refractivity contribution in [1.82, 2.24) is 5.32 Å². The van der Waals surface area contributed by atoms with Crippen molar-refractivity contribution in [3.8, 4) is 5.75 Å². The molecule has 0 aliphatic heterocycles. The number of aliphatic hydroxyl groups is 2. The smallest absolute Gasteiger partial charge is 0.119 e. The molecule has 3 N–H and O–H groups in total. The van der Waals surface area contributed by atoms with E-state index in [9.17, 15) is 5.11 Å². The summed E-state index contributed by atoms with van der Waals surface area (Å²) in [6.07, 6.45) is -0.704. The second-order valence-corrected chi connectivity index (χ2v) is 4.51. The van der Waals surface area contributed by atoms with Crippen LogP contribution in [0, 0.1) is 0 Å². The first-order chi connectivity index (χ1) is 9.22. The van der Waals surface area contributed by atoms with E-state index in [-0.39, 0.29) is 6.61 Å². The van der Waals surface area contributed by atoms with Gasteiger partial charge in [-0.2, -0.15) is 0 Å². The molecule has 0 aliphatic carbocycles. The lowest BCUT2D eigenvalue weighted by atomic mass is 10.1. The van der Waals surface area contributed by atoms with E-state index >= 15 is 0 Å². The topological polar surface area (TPSA) is 61.7 Å². The van der Waals surface area contributed by atoms with Crippen LogP contribution in [0.25, 0.3) is 10.8 Å². The number of fused-ring (bicyclic) bond motifs is 1. The van der Waals surface area contributed by atoms with E-state index in [1.54, 1.807) is 7.11 Å². The van der Waals surface area contributed by atoms with Gasteiger partial charge in [-0.3, -0.25) is 0 Å². The fourth-order valence-corrected chi connectivity index (χ4v) is 1.96. The molecular formula is C15H19NO3. The summed E-state index contributed by atoms with van der Waals surface area (Å²) in [6.45, 7) is 0.834. The lowest BCUT2D eigenvalue weighted by Crippen LogP contribution is -2.28. The van der Waals surface area contributed by atoms with E-state index in [4.69, 9.17) is 9.84 Å². The lowest BCUT2D eigenvalue weighted by Gasteiger charge is -2.10. The minimum atomic E-state index is -0.704. The maximum Gasteiger partial charge on any atom is 0.119 e. The first-order valence-electron chi connectivity index (χ1n) is 6.29. The van der Waals surface area contributed by atoms with Gasteiger partial charge in [0.1, 0.15) is 5.75 Å². The molecule has 1 atom stereocenters. The van der Waals surface area contributed by atoms with Crippen molar-refractivity contribution in [1.29, 1.82) is 0 Å². The largest absolute Gasteiger partial charge is 0.497 e. The molecule has 0 aliphatic rings. The molecule has 19 heavy (non-hydrogen) atoms. The molecule has 0 fully saturated rings. The van der Waals surface area contributed by atoms with Gasteiger partial charge in [-0.15, -0.1) is 0 Å². The Morgan fingerprint density at radius 3 is 2.63 bits per heavy atom. The highest BCUT2D eigenvalue weighted by molar-refractivity contribution is 5.84. The van der Waals surface area contributed by atoms with Crippen molar-refractivity contribution in [3.05, 3.63) is 42.0 Å². The highest BCUT2D eigenvalue weighted by atomic mass is 16.5. The molecule has 4 nitrogen and oxygen atoms in total. The first kappa shape index (κ1) is 13.8. The standard InChI is InChI=1S/C15H19NO3/c1-19-15-5-4-12-6-11(2-3-13(12)7-15)8-16-9-14(18)10-17/h2-7,14,16-18H,8-10H2,1H3. The monoisotopic (exact) mass is 261 g/mol. The highest BCUT2D eigenvalue weighted by Gasteiger charge is 2.02. The summed E-state index contributed by atoms with van der Waals surface area (Å²) in [4.78, 5) is 0. The van der Waals surface area contributed by atoms with Crippen LogP contribution in [-0.2, 0) is 6.54 Å². The van der Waals surface area contributed by atoms with Gasteiger partial charge in [0.2, 0.25) is 0 Å². The summed E-state index contributed by atoms with van der Waals surface area (Å²) in [5.74, 6) is 0.851. The van der Waals surface area contributed by atoms with Gasteiger partial charge in [0.05, 0.1) is 19.8 Å². The number of hydrogen-bond acceptors (Lipinski definition) is 4. The van der Waals surface area contributed by atoms with Gasteiger partial charge in [0, 0.05) is 13.1 Å². The van der Waals surface area contributed by atoms with Crippen molar-refractivity contribution < 1.29 is 14.9 Å². The van der Waals surface area contributed by atoms with E-state index < -0.39 is 6.10 Å². The number of nitrogens with one attached hydrogen (secondary N) is 1. The van der Waals surface area contributed by atoms with Crippen LogP contribution >= 0.6 is 0 Å². The van der Waals surface area contributed by atoms with E-state index in [0.29, 0.717) is 13.1 Å². The average molecular weight is 261 g/mol. The number of rotatable bonds is 6. The molecule has 0 heterocycles. The molecule has 0 aromatic heterocycles. The second-order valence-electron chi connectivity index (χ2n) is 4.51. The van der Waals surface area contributed by atoms with Crippen LogP contribution in [0.1, 0.15) is 5.56 Å². The fourth-order valence-electron chi connectivity index (χ4n) is 1.96. The van der Waals surface area contributed by atoms with Crippen LogP contribution in [0.2, 0.25) is 0 Å². The molecular weight excluding hydrogens is 242 g/mol. The third-order valence-corrected chi connectivity index (χ3v) is 3.03. The summed E-state index contributed by atoms with van der Waals surface area (Å²) < 4.78 is 5.19. The van der Waals surface area contributed by atoms with E-state index in [2.05, 4.69) is 17.4 Å². The van der Waals surface area contributed by atoms with Crippen LogP contribution in [0.5, 0.6) is 5.75 Å². The number of aliphatic hydroxyl groups excluding tert-OH is 2. The van der Waals surface area contributed by atoms with Crippen LogP contribution in [-0.4, -0.2) is 36.6 Å². The van der Waals surface area contributed by atoms with Crippen LogP contribution in [0.15, 0.2) is 36.4 Å². The van der Waals surface area contributed by atoms with Gasteiger partial charge in [-0.1, -0.05) is 18.2 Å². The second kappa shape index (κ2) is 6.52. The van der Waals surface area contributed by atoms with Gasteiger partial charge < -0.3 is 20.3 Å². The molecule has 102 valence electrons. The maximum absolute atomic E-state index is 9.24. The van der Waals surface area contributed by atoms with E-state index in [0.717, 1.165) is 22.1 Å². The Hall–Kier alpha value is -1.62. The molecule has 2 aromatic carbocycles. The third-order valence-electron chi connectivity index (χ3n) is 3.03. The minimum Gasteiger partial charge on any atom is -0.497 e. The first-order valence-corrected chi connectivity index (χ1v) is 6.29. The van der Waals surface area contributed by atoms with Crippen LogP contribution in [0.4, 0.5) is 0 Å². The van der Waals surface area contributed by atoms with Crippen LogP contribution < -0.4 is 10.1 Å². The normalized spacial score (nSPS) is 12.6. The molecule has 4 heteroatoms. The maximum atomic E-state index is 9.24. The van der Waals surface area contributed by atoms with Gasteiger partial charge in [0.15, 0.2) is 0 Å². The van der Waals surface area contributed by atoms with Gasteiger partial charge in [-0.25, -0.2) is 0 Å². The molecule has 0 radical (unpaired) electrons. The summed E-state index contributed by atoms with van der Waals surface area (Å²) in [6, 6.07) is 12.2. The summed E-state index contributed by atoms with van der Waals surface area (Å²) in [5.41, 5.74) is 1.14. The Kier molecular flexibility index (Phi) is 4.74. The zero-order chi connectivity index (χ0) is 13.7. The van der Waals surface area contributed by atoms with Crippen molar-refractivity contribution in [3.63, 3.8) is 0 Å². The molecule has 0 saturated carbocycles. The van der Waals surface area contributed by atoms with E-state index in [1.807, 2.05) is 24.3 Å². The Balaban J connectivity index is 2.05. The van der Waals surface area contributed by atoms with Crippen molar-refractivity contribution in [2.24, 2.45) is 0 Å². The summed E-state index contributed by atoms with van der Waals surface area (Å²) in [7, 11) is 1.66. The van der Waals surface area contributed by atoms with Gasteiger partial charge in [-0.05, 0) is 34.5 Å². The zero-order valence-electron chi connectivity index (χ0n) is 11.0. The van der Waals surface area contributed by atoms with Gasteiger partial charge in [0.25, 0.3) is 0 Å². The lowest BCUT2D eigenvalue weighted by molar-refractivity contribution is 0.0942. The molecule has 2 rings (SSSR count).